The van der Waals surface area contributed by atoms with E-state index in [0.717, 1.165) is 60.5 Å². The molecule has 0 bridgehead atoms. The van der Waals surface area contributed by atoms with Crippen LogP contribution < -0.4 is 0 Å². The van der Waals surface area contributed by atoms with Gasteiger partial charge in [-0.3, -0.25) is 4.90 Å². The van der Waals surface area contributed by atoms with E-state index in [2.05, 4.69) is 15.5 Å². The lowest BCUT2D eigenvalue weighted by Crippen LogP contribution is -2.29. The zero-order valence-corrected chi connectivity index (χ0v) is 16.1. The van der Waals surface area contributed by atoms with Crippen LogP contribution in [0.1, 0.15) is 29.8 Å². The van der Waals surface area contributed by atoms with Gasteiger partial charge in [-0.15, -0.1) is 0 Å². The highest BCUT2D eigenvalue weighted by atomic mass is 35.5. The number of aromatic nitrogens is 2. The molecule has 0 saturated heterocycles. The Morgan fingerprint density at radius 2 is 1.96 bits per heavy atom. The van der Waals surface area contributed by atoms with Crippen LogP contribution in [0.5, 0.6) is 0 Å². The van der Waals surface area contributed by atoms with Crippen LogP contribution in [0, 0.1) is 11.6 Å². The molecule has 2 aromatic carbocycles. The quantitative estimate of drug-likeness (QED) is 0.603. The lowest BCUT2D eigenvalue weighted by molar-refractivity contribution is 0.281. The van der Waals surface area contributed by atoms with Gasteiger partial charge in [0.2, 0.25) is 0 Å². The minimum Gasteiger partial charge on any atom is -0.327 e. The van der Waals surface area contributed by atoms with Gasteiger partial charge in [-0.1, -0.05) is 17.7 Å². The first-order chi connectivity index (χ1) is 13.6. The number of nitrogens with zero attached hydrogens (tertiary/aromatic N) is 3. The zero-order chi connectivity index (χ0) is 19.3. The first-order valence-electron chi connectivity index (χ1n) is 9.63. The van der Waals surface area contributed by atoms with Crippen LogP contribution in [-0.2, 0) is 19.5 Å². The van der Waals surface area contributed by atoms with E-state index in [1.165, 1.54) is 23.2 Å². The largest absolute Gasteiger partial charge is 0.327 e. The van der Waals surface area contributed by atoms with E-state index in [-0.39, 0.29) is 5.82 Å². The van der Waals surface area contributed by atoms with Crippen LogP contribution in [0.25, 0.3) is 16.6 Å². The molecule has 144 valence electrons. The van der Waals surface area contributed by atoms with Crippen LogP contribution >= 0.6 is 11.6 Å². The van der Waals surface area contributed by atoms with Crippen molar-refractivity contribution in [3.8, 4) is 0 Å². The number of imidazole rings is 1. The molecule has 0 N–H and O–H groups in total. The van der Waals surface area contributed by atoms with Gasteiger partial charge in [-0.05, 0) is 60.7 Å². The molecular weight excluding hydrogens is 380 g/mol. The van der Waals surface area contributed by atoms with Crippen LogP contribution in [0.15, 0.2) is 36.4 Å². The number of benzene rings is 2. The molecule has 0 atom stereocenters. The van der Waals surface area contributed by atoms with Crippen molar-refractivity contribution in [1.82, 2.24) is 14.5 Å². The van der Waals surface area contributed by atoms with E-state index in [0.29, 0.717) is 18.5 Å². The van der Waals surface area contributed by atoms with Gasteiger partial charge in [0.1, 0.15) is 17.5 Å². The maximum absolute atomic E-state index is 14.0. The van der Waals surface area contributed by atoms with Crippen molar-refractivity contribution in [1.29, 1.82) is 0 Å². The second-order valence-electron chi connectivity index (χ2n) is 7.55. The highest BCUT2D eigenvalue weighted by molar-refractivity contribution is 6.31. The van der Waals surface area contributed by atoms with Crippen molar-refractivity contribution < 1.29 is 8.78 Å². The predicted octanol–water partition coefficient (Wildman–Crippen LogP) is 5.20. The Kier molecular flexibility index (Phi) is 4.44. The zero-order valence-electron chi connectivity index (χ0n) is 15.4. The first-order valence-corrected chi connectivity index (χ1v) is 10.0. The summed E-state index contributed by atoms with van der Waals surface area (Å²) in [6.45, 7) is 3.20. The summed E-state index contributed by atoms with van der Waals surface area (Å²) in [6, 6.07) is 7.62. The Balaban J connectivity index is 1.39. The van der Waals surface area contributed by atoms with Crippen molar-refractivity contribution in [3.63, 3.8) is 0 Å². The minimum atomic E-state index is -0.405. The summed E-state index contributed by atoms with van der Waals surface area (Å²) in [7, 11) is 0. The van der Waals surface area contributed by atoms with Crippen molar-refractivity contribution in [2.45, 2.75) is 32.4 Å². The first kappa shape index (κ1) is 17.8. The summed E-state index contributed by atoms with van der Waals surface area (Å²) >= 11 is 6.25. The Morgan fingerprint density at radius 1 is 1.07 bits per heavy atom. The van der Waals surface area contributed by atoms with Crippen molar-refractivity contribution in [2.75, 3.05) is 13.1 Å². The van der Waals surface area contributed by atoms with Gasteiger partial charge in [0.15, 0.2) is 0 Å². The highest BCUT2D eigenvalue weighted by Gasteiger charge is 2.22. The van der Waals surface area contributed by atoms with E-state index < -0.39 is 5.82 Å². The molecule has 6 heteroatoms. The van der Waals surface area contributed by atoms with Crippen LogP contribution in [0.4, 0.5) is 8.78 Å². The molecule has 28 heavy (non-hydrogen) atoms. The molecule has 2 aliphatic rings. The van der Waals surface area contributed by atoms with Gasteiger partial charge in [-0.25, -0.2) is 13.8 Å². The van der Waals surface area contributed by atoms with Crippen molar-refractivity contribution in [3.05, 3.63) is 70.0 Å². The molecule has 0 spiro atoms. The van der Waals surface area contributed by atoms with E-state index in [1.54, 1.807) is 0 Å². The number of rotatable bonds is 3. The van der Waals surface area contributed by atoms with Crippen LogP contribution in [0.2, 0.25) is 5.02 Å². The Hall–Kier alpha value is -2.24. The Labute approximate surface area is 167 Å². The molecule has 0 radical (unpaired) electrons. The van der Waals surface area contributed by atoms with Crippen LogP contribution in [-0.4, -0.2) is 27.5 Å². The molecule has 3 aromatic rings. The van der Waals surface area contributed by atoms with Gasteiger partial charge in [0.05, 0.1) is 17.6 Å². The van der Waals surface area contributed by atoms with Crippen molar-refractivity contribution in [2.24, 2.45) is 0 Å². The van der Waals surface area contributed by atoms with Gasteiger partial charge in [0, 0.05) is 30.2 Å². The van der Waals surface area contributed by atoms with Gasteiger partial charge >= 0.3 is 0 Å². The molecule has 2 aliphatic heterocycles. The smallest absolute Gasteiger partial charge is 0.130 e. The average Bonchev–Trinajstić information content (AvgIpc) is 3.03. The molecule has 0 unspecified atom stereocenters. The summed E-state index contributed by atoms with van der Waals surface area (Å²) in [5.41, 5.74) is 4.69. The predicted molar refractivity (Wildman–Crippen MR) is 107 cm³/mol. The maximum Gasteiger partial charge on any atom is 0.130 e. The molecule has 0 saturated carbocycles. The molecule has 5 rings (SSSR count). The fourth-order valence-electron chi connectivity index (χ4n) is 4.39. The Bertz CT molecular complexity index is 1100. The highest BCUT2D eigenvalue weighted by Crippen LogP contribution is 2.31. The number of halogens is 3. The number of hydrogen-bond acceptors (Lipinski definition) is 2. The summed E-state index contributed by atoms with van der Waals surface area (Å²) in [5, 5.41) is 0.739. The van der Waals surface area contributed by atoms with Gasteiger partial charge < -0.3 is 4.57 Å². The second-order valence-corrected chi connectivity index (χ2v) is 7.99. The van der Waals surface area contributed by atoms with E-state index >= 15 is 0 Å². The van der Waals surface area contributed by atoms with Gasteiger partial charge in [0.25, 0.3) is 0 Å². The van der Waals surface area contributed by atoms with Crippen molar-refractivity contribution >= 4 is 28.2 Å². The topological polar surface area (TPSA) is 21.1 Å². The lowest BCUT2D eigenvalue weighted by atomic mass is 9.99. The number of aryl methyl sites for hydroxylation is 2. The van der Waals surface area contributed by atoms with E-state index in [9.17, 15) is 8.78 Å². The second kappa shape index (κ2) is 6.98. The number of hydrogen-bond donors (Lipinski definition) is 0. The molecular formula is C22H20ClF2N3. The monoisotopic (exact) mass is 399 g/mol. The summed E-state index contributed by atoms with van der Waals surface area (Å²) in [6.07, 6.45) is 4.83. The normalized spacial score (nSPS) is 17.2. The average molecular weight is 400 g/mol. The maximum atomic E-state index is 14.0. The molecule has 3 nitrogen and oxygen atoms in total. The lowest BCUT2D eigenvalue weighted by Gasteiger charge is -2.27. The summed E-state index contributed by atoms with van der Waals surface area (Å²) in [5.74, 6) is 0.277. The SMILES string of the molecule is Fc1ccc(F)c(C2=CCN(Cc3nc4cc(Cl)cc5c4n3CCC5)CC2)c1. The van der Waals surface area contributed by atoms with E-state index in [4.69, 9.17) is 16.6 Å². The molecule has 0 amide bonds. The fraction of sp³-hybridized carbons (Fsp3) is 0.318. The summed E-state index contributed by atoms with van der Waals surface area (Å²) in [4.78, 5) is 7.14. The Morgan fingerprint density at radius 3 is 2.79 bits per heavy atom. The molecule has 0 fully saturated rings. The molecule has 0 aliphatic carbocycles. The standard InChI is InChI=1S/C22H20ClF2N3/c23-16-10-15-2-1-7-28-21(26-20(11-16)22(15)28)13-27-8-5-14(6-9-27)18-12-17(24)3-4-19(18)25/h3-5,10-12H,1-2,6-9,13H2. The molecule has 3 heterocycles. The minimum absolute atomic E-state index is 0.366. The van der Waals surface area contributed by atoms with Crippen LogP contribution in [0.3, 0.4) is 0 Å². The third-order valence-electron chi connectivity index (χ3n) is 5.72. The fourth-order valence-corrected chi connectivity index (χ4v) is 4.62. The van der Waals surface area contributed by atoms with Gasteiger partial charge in [-0.2, -0.15) is 0 Å². The summed E-state index contributed by atoms with van der Waals surface area (Å²) < 4.78 is 29.9. The third-order valence-corrected chi connectivity index (χ3v) is 5.94. The van der Waals surface area contributed by atoms with E-state index in [1.807, 2.05) is 12.1 Å². The third kappa shape index (κ3) is 3.12. The molecule has 1 aromatic heterocycles.